The number of fused-ring (bicyclic) bond motifs is 1. The monoisotopic (exact) mass is 571 g/mol. The highest BCUT2D eigenvalue weighted by Gasteiger charge is 2.27. The number of methoxy groups -OCH3 is 2. The molecule has 0 aliphatic heterocycles. The van der Waals surface area contributed by atoms with Crippen LogP contribution in [0.4, 0.5) is 5.13 Å². The summed E-state index contributed by atoms with van der Waals surface area (Å²) in [5.74, 6) is -0.187. The van der Waals surface area contributed by atoms with E-state index in [1.807, 2.05) is 36.5 Å². The number of thiazole rings is 1. The number of carbonyl (C=O) groups is 1. The van der Waals surface area contributed by atoms with Crippen LogP contribution in [0.2, 0.25) is 0 Å². The average molecular weight is 572 g/mol. The number of nitriles is 1. The number of hydrogen-bond donors (Lipinski definition) is 1. The number of aromatic nitrogens is 4. The van der Waals surface area contributed by atoms with Gasteiger partial charge in [0, 0.05) is 49.4 Å². The smallest absolute Gasteiger partial charge is 0.257 e. The Morgan fingerprint density at radius 2 is 1.95 bits per heavy atom. The molecule has 2 heterocycles. The predicted octanol–water partition coefficient (Wildman–Crippen LogP) is 4.03. The van der Waals surface area contributed by atoms with Gasteiger partial charge in [-0.25, -0.2) is 9.67 Å². The maximum atomic E-state index is 13.1. The predicted molar refractivity (Wildman–Crippen MR) is 157 cm³/mol. The molecule has 1 amide bonds. The maximum absolute atomic E-state index is 13.1. The van der Waals surface area contributed by atoms with E-state index in [0.29, 0.717) is 42.1 Å². The maximum Gasteiger partial charge on any atom is 0.257 e. The van der Waals surface area contributed by atoms with E-state index in [0.717, 1.165) is 54.9 Å². The lowest BCUT2D eigenvalue weighted by Gasteiger charge is -2.33. The van der Waals surface area contributed by atoms with Gasteiger partial charge in [-0.1, -0.05) is 29.5 Å². The first-order chi connectivity index (χ1) is 20.1. The Morgan fingerprint density at radius 1 is 1.17 bits per heavy atom. The highest BCUT2D eigenvalue weighted by Crippen LogP contribution is 2.32. The molecule has 1 aliphatic carbocycles. The third kappa shape index (κ3) is 7.23. The molecule has 2 aromatic carbocycles. The van der Waals surface area contributed by atoms with Crippen LogP contribution in [-0.2, 0) is 28.9 Å². The van der Waals surface area contributed by atoms with Gasteiger partial charge in [0.2, 0.25) is 0 Å². The minimum absolute atomic E-state index is 0.187. The number of hydrogen-bond acceptors (Lipinski definition) is 9. The van der Waals surface area contributed by atoms with Gasteiger partial charge in [0.25, 0.3) is 5.91 Å². The van der Waals surface area contributed by atoms with Crippen LogP contribution in [0.15, 0.2) is 54.7 Å². The van der Waals surface area contributed by atoms with Gasteiger partial charge >= 0.3 is 0 Å². The second-order valence-corrected chi connectivity index (χ2v) is 11.0. The summed E-state index contributed by atoms with van der Waals surface area (Å²) in [4.78, 5) is 21.6. The summed E-state index contributed by atoms with van der Waals surface area (Å²) in [7, 11) is 3.45. The lowest BCUT2D eigenvalue weighted by Crippen LogP contribution is -2.42. The summed E-state index contributed by atoms with van der Waals surface area (Å²) < 4.78 is 12.4. The molecule has 4 aromatic rings. The summed E-state index contributed by atoms with van der Waals surface area (Å²) >= 11 is 1.56. The molecule has 212 valence electrons. The molecule has 0 saturated carbocycles. The lowest BCUT2D eigenvalue weighted by atomic mass is 9.96. The lowest BCUT2D eigenvalue weighted by molar-refractivity contribution is 0.0825. The summed E-state index contributed by atoms with van der Waals surface area (Å²) in [6.07, 6.45) is 4.68. The number of rotatable bonds is 12. The molecular weight excluding hydrogens is 538 g/mol. The van der Waals surface area contributed by atoms with E-state index in [-0.39, 0.29) is 5.91 Å². The zero-order chi connectivity index (χ0) is 28.6. The van der Waals surface area contributed by atoms with E-state index < -0.39 is 0 Å². The fourth-order valence-electron chi connectivity index (χ4n) is 5.01. The molecule has 0 saturated heterocycles. The molecule has 0 fully saturated rings. The van der Waals surface area contributed by atoms with Crippen molar-refractivity contribution in [3.05, 3.63) is 82.0 Å². The fourth-order valence-corrected chi connectivity index (χ4v) is 6.08. The van der Waals surface area contributed by atoms with Crippen molar-refractivity contribution in [3.63, 3.8) is 0 Å². The van der Waals surface area contributed by atoms with E-state index in [9.17, 15) is 4.79 Å². The van der Waals surface area contributed by atoms with Gasteiger partial charge in [0.15, 0.2) is 5.13 Å². The zero-order valence-electron chi connectivity index (χ0n) is 23.2. The summed E-state index contributed by atoms with van der Waals surface area (Å²) in [6.45, 7) is 3.57. The molecule has 11 heteroatoms. The van der Waals surface area contributed by atoms with Gasteiger partial charge in [0.05, 0.1) is 43.3 Å². The van der Waals surface area contributed by atoms with E-state index in [2.05, 4.69) is 26.6 Å². The zero-order valence-corrected chi connectivity index (χ0v) is 24.1. The molecule has 41 heavy (non-hydrogen) atoms. The second kappa shape index (κ2) is 13.6. The molecule has 0 bridgehead atoms. The summed E-state index contributed by atoms with van der Waals surface area (Å²) in [5, 5.41) is 21.1. The van der Waals surface area contributed by atoms with Gasteiger partial charge in [-0.15, -0.1) is 16.4 Å². The molecule has 0 radical (unpaired) electrons. The van der Waals surface area contributed by atoms with Gasteiger partial charge in [-0.05, 0) is 49.1 Å². The highest BCUT2D eigenvalue weighted by atomic mass is 32.1. The Hall–Kier alpha value is -3.95. The summed E-state index contributed by atoms with van der Waals surface area (Å²) in [5.41, 5.74) is 4.78. The molecule has 1 atom stereocenters. The largest absolute Gasteiger partial charge is 0.383 e. The second-order valence-electron chi connectivity index (χ2n) is 9.95. The van der Waals surface area contributed by atoms with Crippen LogP contribution in [0, 0.1) is 11.3 Å². The third-order valence-corrected chi connectivity index (χ3v) is 8.23. The van der Waals surface area contributed by atoms with Crippen LogP contribution in [0.5, 0.6) is 0 Å². The molecule has 0 spiro atoms. The van der Waals surface area contributed by atoms with Crippen molar-refractivity contribution in [3.8, 4) is 17.3 Å². The van der Waals surface area contributed by atoms with Crippen molar-refractivity contribution in [2.45, 2.75) is 31.8 Å². The van der Waals surface area contributed by atoms with Crippen LogP contribution in [0.3, 0.4) is 0 Å². The molecule has 1 N–H and O–H groups in total. The van der Waals surface area contributed by atoms with Gasteiger partial charge in [0.1, 0.15) is 5.69 Å². The Kier molecular flexibility index (Phi) is 9.48. The number of anilines is 1. The molecule has 10 nitrogen and oxygen atoms in total. The number of nitrogens with one attached hydrogen (secondary N) is 1. The third-order valence-electron chi connectivity index (χ3n) is 7.20. The standard InChI is InChI=1S/C30H33N7O3S/c1-39-14-12-36(13-15-40-2)25-10-11-26-28(17-25)41-30(32-26)33-29(38)24-5-3-4-22(16-24)19-37-20-27(34-35-37)23-8-6-21(18-31)7-9-23/h3-9,16,20,25H,10-15,17,19H2,1-2H3,(H,32,33,38). The number of nitrogens with zero attached hydrogens (tertiary/aromatic N) is 6. The molecular formula is C30H33N7O3S. The molecule has 1 unspecified atom stereocenters. The van der Waals surface area contributed by atoms with E-state index in [4.69, 9.17) is 19.7 Å². The first-order valence-corrected chi connectivity index (χ1v) is 14.4. The van der Waals surface area contributed by atoms with Gasteiger partial charge in [-0.3, -0.25) is 15.0 Å². The van der Waals surface area contributed by atoms with E-state index >= 15 is 0 Å². The number of carbonyl (C=O) groups excluding carboxylic acids is 1. The fraction of sp³-hybridized carbons (Fsp3) is 0.367. The molecule has 2 aromatic heterocycles. The van der Waals surface area contributed by atoms with E-state index in [1.54, 1.807) is 48.4 Å². The first-order valence-electron chi connectivity index (χ1n) is 13.6. The number of amides is 1. The Balaban J connectivity index is 1.21. The Bertz CT molecular complexity index is 1500. The molecule has 1 aliphatic rings. The number of aryl methyl sites for hydroxylation is 1. The highest BCUT2D eigenvalue weighted by molar-refractivity contribution is 7.15. The first kappa shape index (κ1) is 28.6. The topological polar surface area (TPSA) is 118 Å². The minimum Gasteiger partial charge on any atom is -0.383 e. The van der Waals surface area contributed by atoms with Crippen LogP contribution in [0.25, 0.3) is 11.3 Å². The van der Waals surface area contributed by atoms with Crippen molar-refractivity contribution in [1.29, 1.82) is 5.26 Å². The summed E-state index contributed by atoms with van der Waals surface area (Å²) in [6, 6.07) is 17.2. The number of benzene rings is 2. The molecule has 5 rings (SSSR count). The Morgan fingerprint density at radius 3 is 2.68 bits per heavy atom. The number of ether oxygens (including phenoxy) is 2. The van der Waals surface area contributed by atoms with Crippen molar-refractivity contribution in [2.75, 3.05) is 45.8 Å². The van der Waals surface area contributed by atoms with Crippen LogP contribution < -0.4 is 5.32 Å². The van der Waals surface area contributed by atoms with Crippen molar-refractivity contribution < 1.29 is 14.3 Å². The van der Waals surface area contributed by atoms with Crippen LogP contribution >= 0.6 is 11.3 Å². The van der Waals surface area contributed by atoms with Crippen molar-refractivity contribution in [1.82, 2.24) is 24.9 Å². The van der Waals surface area contributed by atoms with E-state index in [1.165, 1.54) is 4.88 Å². The van der Waals surface area contributed by atoms with Crippen LogP contribution in [0.1, 0.15) is 38.5 Å². The normalized spacial score (nSPS) is 14.5. The van der Waals surface area contributed by atoms with Crippen LogP contribution in [-0.4, -0.2) is 77.3 Å². The average Bonchev–Trinajstić information content (AvgIpc) is 3.63. The minimum atomic E-state index is -0.187. The van der Waals surface area contributed by atoms with Crippen molar-refractivity contribution in [2.24, 2.45) is 0 Å². The quantitative estimate of drug-likeness (QED) is 0.271. The Labute approximate surface area is 243 Å². The SMILES string of the molecule is COCCN(CCOC)C1CCc2nc(NC(=O)c3cccc(Cn4cc(-c5ccc(C#N)cc5)nn4)c3)sc2C1. The van der Waals surface area contributed by atoms with Crippen molar-refractivity contribution >= 4 is 22.4 Å². The van der Waals surface area contributed by atoms with Gasteiger partial charge in [-0.2, -0.15) is 5.26 Å². The van der Waals surface area contributed by atoms with Gasteiger partial charge < -0.3 is 9.47 Å².